The molecule has 0 aliphatic rings. The lowest BCUT2D eigenvalue weighted by Gasteiger charge is -2.18. The highest BCUT2D eigenvalue weighted by Gasteiger charge is 2.30. The zero-order valence-corrected chi connectivity index (χ0v) is 18.9. The number of pyridine rings is 1. The summed E-state index contributed by atoms with van der Waals surface area (Å²) in [6, 6.07) is 19.0. The third kappa shape index (κ3) is 3.67. The molecule has 0 amide bonds. The molecule has 7 heteroatoms. The van der Waals surface area contributed by atoms with E-state index in [-0.39, 0.29) is 6.04 Å². The van der Waals surface area contributed by atoms with Crippen LogP contribution in [0.15, 0.2) is 72.9 Å². The summed E-state index contributed by atoms with van der Waals surface area (Å²) in [7, 11) is 1.55. The third-order valence-electron chi connectivity index (χ3n) is 6.21. The van der Waals surface area contributed by atoms with Crippen LogP contribution in [0.4, 0.5) is 13.2 Å². The molecular weight excluding hydrogens is 439 g/mol. The smallest absolute Gasteiger partial charge is 0.416 e. The molecule has 2 heterocycles. The van der Waals surface area contributed by atoms with Gasteiger partial charge in [0.25, 0.3) is 0 Å². The van der Waals surface area contributed by atoms with Crippen LogP contribution in [0.1, 0.15) is 29.9 Å². The van der Waals surface area contributed by atoms with E-state index in [0.717, 1.165) is 39.9 Å². The Morgan fingerprint density at radius 3 is 2.29 bits per heavy atom. The number of ether oxygens (including phenoxy) is 1. The SMILES string of the molecule is COc1cc2c(cc1-c1ccc(C(F)(F)F)cc1)ncc1nc(C)n([C@@H](C)c3ccccc3)c12. The van der Waals surface area contributed by atoms with Gasteiger partial charge in [0.2, 0.25) is 0 Å². The summed E-state index contributed by atoms with van der Waals surface area (Å²) in [6.07, 6.45) is -2.65. The molecule has 0 aliphatic carbocycles. The lowest BCUT2D eigenvalue weighted by atomic mass is 10.00. The van der Waals surface area contributed by atoms with Crippen molar-refractivity contribution >= 4 is 21.9 Å². The fraction of sp³-hybridized carbons (Fsp3) is 0.185. The van der Waals surface area contributed by atoms with Gasteiger partial charge in [-0.05, 0) is 49.2 Å². The zero-order valence-electron chi connectivity index (χ0n) is 18.9. The third-order valence-corrected chi connectivity index (χ3v) is 6.21. The van der Waals surface area contributed by atoms with Gasteiger partial charge in [0, 0.05) is 10.9 Å². The van der Waals surface area contributed by atoms with Crippen LogP contribution >= 0.6 is 0 Å². The van der Waals surface area contributed by atoms with E-state index in [4.69, 9.17) is 9.72 Å². The van der Waals surface area contributed by atoms with Gasteiger partial charge in [-0.25, -0.2) is 4.98 Å². The lowest BCUT2D eigenvalue weighted by Crippen LogP contribution is -2.08. The molecule has 34 heavy (non-hydrogen) atoms. The van der Waals surface area contributed by atoms with Crippen molar-refractivity contribution in [1.29, 1.82) is 0 Å². The van der Waals surface area contributed by atoms with Crippen LogP contribution in [-0.2, 0) is 6.18 Å². The van der Waals surface area contributed by atoms with Crippen molar-refractivity contribution in [2.75, 3.05) is 7.11 Å². The van der Waals surface area contributed by atoms with E-state index >= 15 is 0 Å². The maximum atomic E-state index is 13.0. The van der Waals surface area contributed by atoms with E-state index in [0.29, 0.717) is 22.4 Å². The number of rotatable bonds is 4. The summed E-state index contributed by atoms with van der Waals surface area (Å²) in [5, 5.41) is 0.869. The minimum atomic E-state index is -4.38. The van der Waals surface area contributed by atoms with Crippen LogP contribution in [0.3, 0.4) is 0 Å². The van der Waals surface area contributed by atoms with Crippen LogP contribution in [0, 0.1) is 6.92 Å². The predicted molar refractivity (Wildman–Crippen MR) is 127 cm³/mol. The molecule has 2 aromatic heterocycles. The molecule has 5 aromatic rings. The number of benzene rings is 3. The average Bonchev–Trinajstić information content (AvgIpc) is 3.19. The number of alkyl halides is 3. The van der Waals surface area contributed by atoms with E-state index in [1.807, 2.05) is 37.3 Å². The van der Waals surface area contributed by atoms with Crippen molar-refractivity contribution < 1.29 is 17.9 Å². The summed E-state index contributed by atoms with van der Waals surface area (Å²) in [5.41, 5.74) is 4.19. The Labute approximate surface area is 194 Å². The summed E-state index contributed by atoms with van der Waals surface area (Å²) in [6.45, 7) is 4.10. The Balaban J connectivity index is 1.71. The van der Waals surface area contributed by atoms with E-state index in [1.165, 1.54) is 12.1 Å². The molecule has 0 fully saturated rings. The molecule has 0 aliphatic heterocycles. The fourth-order valence-electron chi connectivity index (χ4n) is 4.51. The van der Waals surface area contributed by atoms with Crippen molar-refractivity contribution in [3.8, 4) is 16.9 Å². The molecular formula is C27H22F3N3O. The highest BCUT2D eigenvalue weighted by atomic mass is 19.4. The minimum Gasteiger partial charge on any atom is -0.496 e. The van der Waals surface area contributed by atoms with E-state index in [2.05, 4.69) is 28.6 Å². The monoisotopic (exact) mass is 461 g/mol. The number of aryl methyl sites for hydroxylation is 1. The molecule has 172 valence electrons. The van der Waals surface area contributed by atoms with Gasteiger partial charge in [0.1, 0.15) is 17.1 Å². The molecule has 1 atom stereocenters. The molecule has 0 unspecified atom stereocenters. The second-order valence-corrected chi connectivity index (χ2v) is 8.25. The van der Waals surface area contributed by atoms with Crippen molar-refractivity contribution in [3.63, 3.8) is 0 Å². The summed E-state index contributed by atoms with van der Waals surface area (Å²) < 4.78 is 46.9. The highest BCUT2D eigenvalue weighted by molar-refractivity contribution is 6.05. The Hall–Kier alpha value is -3.87. The molecule has 4 nitrogen and oxygen atoms in total. The van der Waals surface area contributed by atoms with Crippen molar-refractivity contribution in [2.24, 2.45) is 0 Å². The second-order valence-electron chi connectivity index (χ2n) is 8.25. The van der Waals surface area contributed by atoms with Gasteiger partial charge in [-0.2, -0.15) is 13.2 Å². The largest absolute Gasteiger partial charge is 0.496 e. The van der Waals surface area contributed by atoms with Gasteiger partial charge in [0.15, 0.2) is 0 Å². The maximum Gasteiger partial charge on any atom is 0.416 e. The van der Waals surface area contributed by atoms with Crippen LogP contribution < -0.4 is 4.74 Å². The topological polar surface area (TPSA) is 39.9 Å². The van der Waals surface area contributed by atoms with Gasteiger partial charge in [0.05, 0.1) is 35.9 Å². The Morgan fingerprint density at radius 2 is 1.65 bits per heavy atom. The number of methoxy groups -OCH3 is 1. The summed E-state index contributed by atoms with van der Waals surface area (Å²) >= 11 is 0. The molecule has 0 spiro atoms. The number of aromatic nitrogens is 3. The predicted octanol–water partition coefficient (Wildman–Crippen LogP) is 7.20. The van der Waals surface area contributed by atoms with Crippen LogP contribution in [0.2, 0.25) is 0 Å². The van der Waals surface area contributed by atoms with Crippen molar-refractivity contribution in [1.82, 2.24) is 14.5 Å². The standard InChI is InChI=1S/C27H22F3N3O/c1-16(18-7-5-4-6-8-18)33-17(2)32-24-15-31-23-13-21(25(34-3)14-22(23)26(24)33)19-9-11-20(12-10-19)27(28,29)30/h4-16H,1-3H3/t16-/m0/s1. The van der Waals surface area contributed by atoms with Crippen molar-refractivity contribution in [3.05, 3.63) is 89.9 Å². The first kappa shape index (κ1) is 21.9. The van der Waals surface area contributed by atoms with E-state index in [9.17, 15) is 13.2 Å². The van der Waals surface area contributed by atoms with Crippen LogP contribution in [0.5, 0.6) is 5.75 Å². The second kappa shape index (κ2) is 8.17. The number of fused-ring (bicyclic) bond motifs is 3. The normalized spacial score (nSPS) is 12.9. The van der Waals surface area contributed by atoms with Crippen molar-refractivity contribution in [2.45, 2.75) is 26.1 Å². The van der Waals surface area contributed by atoms with Gasteiger partial charge in [-0.15, -0.1) is 0 Å². The van der Waals surface area contributed by atoms with Gasteiger partial charge < -0.3 is 9.30 Å². The molecule has 0 N–H and O–H groups in total. The fourth-order valence-corrected chi connectivity index (χ4v) is 4.51. The molecule has 0 radical (unpaired) electrons. The quantitative estimate of drug-likeness (QED) is 0.284. The van der Waals surface area contributed by atoms with Crippen LogP contribution in [0.25, 0.3) is 33.1 Å². The van der Waals surface area contributed by atoms with E-state index < -0.39 is 11.7 Å². The molecule has 0 saturated heterocycles. The number of nitrogens with zero attached hydrogens (tertiary/aromatic N) is 3. The van der Waals surface area contributed by atoms with Gasteiger partial charge in [-0.1, -0.05) is 42.5 Å². The highest BCUT2D eigenvalue weighted by Crippen LogP contribution is 2.39. The average molecular weight is 461 g/mol. The summed E-state index contributed by atoms with van der Waals surface area (Å²) in [5.74, 6) is 1.42. The molecule has 5 rings (SSSR count). The van der Waals surface area contributed by atoms with Crippen LogP contribution in [-0.4, -0.2) is 21.6 Å². The van der Waals surface area contributed by atoms with Gasteiger partial charge in [-0.3, -0.25) is 4.98 Å². The lowest BCUT2D eigenvalue weighted by molar-refractivity contribution is -0.137. The Kier molecular flexibility index (Phi) is 5.27. The first-order valence-electron chi connectivity index (χ1n) is 10.9. The summed E-state index contributed by atoms with van der Waals surface area (Å²) in [4.78, 5) is 9.33. The minimum absolute atomic E-state index is 0.0392. The van der Waals surface area contributed by atoms with Gasteiger partial charge >= 0.3 is 6.18 Å². The first-order chi connectivity index (χ1) is 16.3. The number of hydrogen-bond donors (Lipinski definition) is 0. The van der Waals surface area contributed by atoms with E-state index in [1.54, 1.807) is 13.3 Å². The Bertz CT molecular complexity index is 1490. The number of halogens is 3. The number of hydrogen-bond acceptors (Lipinski definition) is 3. The maximum absolute atomic E-state index is 13.0. The molecule has 3 aromatic carbocycles. The number of imidazole rings is 1. The first-order valence-corrected chi connectivity index (χ1v) is 10.9. The zero-order chi connectivity index (χ0) is 24.0. The molecule has 0 bridgehead atoms. The Morgan fingerprint density at radius 1 is 0.941 bits per heavy atom. The molecule has 0 saturated carbocycles.